The fraction of sp³-hybridized carbons (Fsp3) is 0.273. The van der Waals surface area contributed by atoms with Gasteiger partial charge in [0.2, 0.25) is 0 Å². The molecule has 1 N–H and O–H groups in total. The molecule has 1 aliphatic rings. The highest BCUT2D eigenvalue weighted by atomic mass is 32.1. The number of amides is 3. The van der Waals surface area contributed by atoms with Gasteiger partial charge in [-0.3, -0.25) is 14.7 Å². The summed E-state index contributed by atoms with van der Waals surface area (Å²) in [5.41, 5.74) is 2.38. The third-order valence-electron chi connectivity index (χ3n) is 5.10. The van der Waals surface area contributed by atoms with Gasteiger partial charge in [0, 0.05) is 11.6 Å². The van der Waals surface area contributed by atoms with Crippen LogP contribution in [-0.4, -0.2) is 26.8 Å². The molecule has 0 radical (unpaired) electrons. The third-order valence-corrected chi connectivity index (χ3v) is 6.01. The molecule has 0 bridgehead atoms. The van der Waals surface area contributed by atoms with Crippen molar-refractivity contribution in [3.05, 3.63) is 70.9 Å². The van der Waals surface area contributed by atoms with Gasteiger partial charge in [0.15, 0.2) is 0 Å². The molecule has 0 saturated carbocycles. The van der Waals surface area contributed by atoms with Crippen LogP contribution < -0.4 is 5.32 Å². The van der Waals surface area contributed by atoms with Crippen molar-refractivity contribution in [3.8, 4) is 10.7 Å². The van der Waals surface area contributed by atoms with E-state index in [9.17, 15) is 9.59 Å². The SMILES string of the molecule is CCCc1ccc(C2(C)NC(=O)N(Cc3csc(-c4ccccn4)n3)C2=O)cc1. The van der Waals surface area contributed by atoms with E-state index in [0.717, 1.165) is 29.1 Å². The average molecular weight is 407 g/mol. The zero-order chi connectivity index (χ0) is 20.4. The molecule has 3 aromatic rings. The number of thiazole rings is 1. The van der Waals surface area contributed by atoms with Gasteiger partial charge in [-0.15, -0.1) is 11.3 Å². The molecule has 6 nitrogen and oxygen atoms in total. The van der Waals surface area contributed by atoms with Crippen LogP contribution >= 0.6 is 11.3 Å². The molecule has 2 aromatic heterocycles. The molecule has 1 saturated heterocycles. The quantitative estimate of drug-likeness (QED) is 0.625. The number of nitrogens with zero attached hydrogens (tertiary/aromatic N) is 3. The summed E-state index contributed by atoms with van der Waals surface area (Å²) in [5, 5.41) is 5.48. The highest BCUT2D eigenvalue weighted by Gasteiger charge is 2.49. The zero-order valence-electron chi connectivity index (χ0n) is 16.4. The maximum Gasteiger partial charge on any atom is 0.325 e. The summed E-state index contributed by atoms with van der Waals surface area (Å²) >= 11 is 1.45. The molecule has 0 spiro atoms. The molecule has 0 aliphatic carbocycles. The summed E-state index contributed by atoms with van der Waals surface area (Å²) in [6, 6.07) is 13.1. The first-order valence-corrected chi connectivity index (χ1v) is 10.5. The number of hydrogen-bond acceptors (Lipinski definition) is 5. The van der Waals surface area contributed by atoms with Gasteiger partial charge in [0.1, 0.15) is 10.5 Å². The number of aryl methyl sites for hydroxylation is 1. The van der Waals surface area contributed by atoms with Crippen LogP contribution in [0.4, 0.5) is 4.79 Å². The smallest absolute Gasteiger partial charge is 0.319 e. The van der Waals surface area contributed by atoms with E-state index in [-0.39, 0.29) is 12.5 Å². The van der Waals surface area contributed by atoms with Crippen LogP contribution in [0.5, 0.6) is 0 Å². The Bertz CT molecular complexity index is 1030. The van der Waals surface area contributed by atoms with Gasteiger partial charge >= 0.3 is 6.03 Å². The Morgan fingerprint density at radius 2 is 1.93 bits per heavy atom. The first kappa shape index (κ1) is 19.3. The number of carbonyl (C=O) groups is 2. The van der Waals surface area contributed by atoms with Crippen molar-refractivity contribution in [2.75, 3.05) is 0 Å². The number of pyridine rings is 1. The standard InChI is InChI=1S/C22H22N4O2S/c1-3-6-15-8-10-16(11-9-15)22(2)20(27)26(21(28)25-22)13-17-14-29-19(24-17)18-7-4-5-12-23-18/h4-5,7-12,14H,3,6,13H2,1-2H3,(H,25,28). The Hall–Kier alpha value is -3.06. The van der Waals surface area contributed by atoms with Gasteiger partial charge < -0.3 is 5.32 Å². The average Bonchev–Trinajstić information content (AvgIpc) is 3.29. The normalized spacial score (nSPS) is 18.9. The molecule has 1 unspecified atom stereocenters. The van der Waals surface area contributed by atoms with Crippen LogP contribution in [0.1, 0.15) is 37.1 Å². The maximum absolute atomic E-state index is 13.1. The van der Waals surface area contributed by atoms with Gasteiger partial charge in [-0.1, -0.05) is 43.7 Å². The molecule has 3 heterocycles. The van der Waals surface area contributed by atoms with E-state index in [1.807, 2.05) is 47.8 Å². The minimum atomic E-state index is -1.07. The summed E-state index contributed by atoms with van der Waals surface area (Å²) in [6.07, 6.45) is 3.77. The van der Waals surface area contributed by atoms with Crippen LogP contribution in [0.3, 0.4) is 0 Å². The minimum absolute atomic E-state index is 0.136. The molecule has 29 heavy (non-hydrogen) atoms. The Labute approximate surface area is 173 Å². The molecule has 1 atom stereocenters. The Morgan fingerprint density at radius 1 is 1.14 bits per heavy atom. The number of benzene rings is 1. The topological polar surface area (TPSA) is 75.2 Å². The van der Waals surface area contributed by atoms with E-state index in [1.54, 1.807) is 13.1 Å². The van der Waals surface area contributed by atoms with E-state index in [4.69, 9.17) is 0 Å². The molecule has 3 amide bonds. The maximum atomic E-state index is 13.1. The van der Waals surface area contributed by atoms with Crippen LogP contribution in [0, 0.1) is 0 Å². The van der Waals surface area contributed by atoms with Crippen molar-refractivity contribution in [3.63, 3.8) is 0 Å². The van der Waals surface area contributed by atoms with Gasteiger partial charge in [-0.25, -0.2) is 9.78 Å². The highest BCUT2D eigenvalue weighted by Crippen LogP contribution is 2.31. The summed E-state index contributed by atoms with van der Waals surface area (Å²) < 4.78 is 0. The van der Waals surface area contributed by atoms with E-state index >= 15 is 0 Å². The molecule has 148 valence electrons. The fourth-order valence-corrected chi connectivity index (χ4v) is 4.26. The van der Waals surface area contributed by atoms with Crippen molar-refractivity contribution in [1.29, 1.82) is 0 Å². The molecule has 1 aromatic carbocycles. The lowest BCUT2D eigenvalue weighted by molar-refractivity contribution is -0.131. The number of aromatic nitrogens is 2. The second-order valence-corrected chi connectivity index (χ2v) is 8.11. The van der Waals surface area contributed by atoms with Crippen LogP contribution in [0.15, 0.2) is 54.0 Å². The Balaban J connectivity index is 1.53. The number of nitrogens with one attached hydrogen (secondary N) is 1. The monoisotopic (exact) mass is 406 g/mol. The van der Waals surface area contributed by atoms with E-state index in [1.165, 1.54) is 21.8 Å². The van der Waals surface area contributed by atoms with Crippen LogP contribution in [0.2, 0.25) is 0 Å². The molecular formula is C22H22N4O2S. The van der Waals surface area contributed by atoms with Crippen molar-refractivity contribution in [2.24, 2.45) is 0 Å². The lowest BCUT2D eigenvalue weighted by atomic mass is 9.91. The number of urea groups is 1. The molecule has 7 heteroatoms. The first-order chi connectivity index (χ1) is 14.0. The van der Waals surface area contributed by atoms with Gasteiger partial charge in [0.05, 0.1) is 17.9 Å². The van der Waals surface area contributed by atoms with Crippen LogP contribution in [0.25, 0.3) is 10.7 Å². The zero-order valence-corrected chi connectivity index (χ0v) is 17.2. The van der Waals surface area contributed by atoms with Gasteiger partial charge in [-0.05, 0) is 36.6 Å². The van der Waals surface area contributed by atoms with Crippen molar-refractivity contribution >= 4 is 23.3 Å². The van der Waals surface area contributed by atoms with Gasteiger partial charge in [0.25, 0.3) is 5.91 Å². The van der Waals surface area contributed by atoms with Crippen molar-refractivity contribution < 1.29 is 9.59 Å². The number of hydrogen-bond donors (Lipinski definition) is 1. The van der Waals surface area contributed by atoms with Crippen molar-refractivity contribution in [1.82, 2.24) is 20.2 Å². The Kier molecular flexibility index (Phi) is 5.15. The van der Waals surface area contributed by atoms with Crippen LogP contribution in [-0.2, 0) is 23.3 Å². The van der Waals surface area contributed by atoms with Crippen molar-refractivity contribution in [2.45, 2.75) is 38.8 Å². The lowest BCUT2D eigenvalue weighted by Gasteiger charge is -2.22. The molecule has 1 fully saturated rings. The van der Waals surface area contributed by atoms with E-state index in [0.29, 0.717) is 5.69 Å². The molecule has 4 rings (SSSR count). The van der Waals surface area contributed by atoms with Gasteiger partial charge in [-0.2, -0.15) is 0 Å². The molecule has 1 aliphatic heterocycles. The largest absolute Gasteiger partial charge is 0.325 e. The Morgan fingerprint density at radius 3 is 2.62 bits per heavy atom. The lowest BCUT2D eigenvalue weighted by Crippen LogP contribution is -2.40. The first-order valence-electron chi connectivity index (χ1n) is 9.60. The summed E-state index contributed by atoms with van der Waals surface area (Å²) in [7, 11) is 0. The fourth-order valence-electron chi connectivity index (χ4n) is 3.48. The minimum Gasteiger partial charge on any atom is -0.319 e. The van der Waals surface area contributed by atoms with E-state index < -0.39 is 11.6 Å². The predicted octanol–water partition coefficient (Wildman–Crippen LogP) is 4.12. The summed E-state index contributed by atoms with van der Waals surface area (Å²) in [5.74, 6) is -0.266. The second-order valence-electron chi connectivity index (χ2n) is 7.25. The molecular weight excluding hydrogens is 384 g/mol. The third kappa shape index (κ3) is 3.65. The predicted molar refractivity (Wildman–Crippen MR) is 112 cm³/mol. The summed E-state index contributed by atoms with van der Waals surface area (Å²) in [4.78, 5) is 35.8. The summed E-state index contributed by atoms with van der Waals surface area (Å²) in [6.45, 7) is 4.02. The van der Waals surface area contributed by atoms with E-state index in [2.05, 4.69) is 22.2 Å². The highest BCUT2D eigenvalue weighted by molar-refractivity contribution is 7.13. The number of imide groups is 1. The second kappa shape index (κ2) is 7.75. The number of rotatable bonds is 6. The number of carbonyl (C=O) groups excluding carboxylic acids is 2.